The number of nitrogens with zero attached hydrogens (tertiary/aromatic N) is 1. The van der Waals surface area contributed by atoms with Crippen LogP contribution in [0.3, 0.4) is 0 Å². The Morgan fingerprint density at radius 1 is 1.40 bits per heavy atom. The van der Waals surface area contributed by atoms with Crippen LogP contribution in [0.2, 0.25) is 0 Å². The highest BCUT2D eigenvalue weighted by molar-refractivity contribution is 5.80. The van der Waals surface area contributed by atoms with Crippen molar-refractivity contribution in [1.29, 1.82) is 0 Å². The van der Waals surface area contributed by atoms with Gasteiger partial charge in [-0.15, -0.1) is 0 Å². The van der Waals surface area contributed by atoms with Gasteiger partial charge in [0.25, 0.3) is 0 Å². The van der Waals surface area contributed by atoms with Crippen LogP contribution in [0.15, 0.2) is 24.3 Å². The number of fused-ring (bicyclic) bond motifs is 3. The summed E-state index contributed by atoms with van der Waals surface area (Å²) in [5.74, 6) is -1.03. The van der Waals surface area contributed by atoms with Gasteiger partial charge in [0.2, 0.25) is 0 Å². The summed E-state index contributed by atoms with van der Waals surface area (Å²) in [4.78, 5) is 24.6. The van der Waals surface area contributed by atoms with E-state index in [1.54, 1.807) is 0 Å². The molecule has 0 bridgehead atoms. The number of carboxylic acid groups (broad SMARTS) is 1. The Morgan fingerprint density at radius 3 is 2.80 bits per heavy atom. The van der Waals surface area contributed by atoms with E-state index in [2.05, 4.69) is 0 Å². The highest BCUT2D eigenvalue weighted by Gasteiger charge is 2.62. The Balaban J connectivity index is 2.18. The SMILES string of the molecule is C[C@@]12CCc3ccccc3[C@@]1(C)N(CC(=O)O)C(=O)O2. The summed E-state index contributed by atoms with van der Waals surface area (Å²) in [6.45, 7) is 3.45. The lowest BCUT2D eigenvalue weighted by atomic mass is 9.67. The molecule has 3 rings (SSSR count). The van der Waals surface area contributed by atoms with Gasteiger partial charge in [0.15, 0.2) is 0 Å². The predicted molar refractivity (Wildman–Crippen MR) is 71.3 cm³/mol. The fourth-order valence-corrected chi connectivity index (χ4v) is 3.48. The summed E-state index contributed by atoms with van der Waals surface area (Å²) in [6.07, 6.45) is 0.979. The lowest BCUT2D eigenvalue weighted by Crippen LogP contribution is -2.56. The number of hydrogen-bond donors (Lipinski definition) is 1. The second-order valence-electron chi connectivity index (χ2n) is 5.81. The third-order valence-electron chi connectivity index (χ3n) is 4.81. The zero-order valence-electron chi connectivity index (χ0n) is 11.5. The molecule has 0 unspecified atom stereocenters. The van der Waals surface area contributed by atoms with E-state index in [1.165, 1.54) is 4.90 Å². The van der Waals surface area contributed by atoms with Crippen LogP contribution in [0.5, 0.6) is 0 Å². The first-order valence-electron chi connectivity index (χ1n) is 6.69. The Bertz CT molecular complexity index is 599. The van der Waals surface area contributed by atoms with Crippen molar-refractivity contribution in [3.8, 4) is 0 Å². The number of aryl methyl sites for hydroxylation is 1. The molecule has 0 saturated carbocycles. The Hall–Kier alpha value is -2.04. The molecule has 0 spiro atoms. The monoisotopic (exact) mass is 275 g/mol. The van der Waals surface area contributed by atoms with Gasteiger partial charge in [-0.3, -0.25) is 9.69 Å². The van der Waals surface area contributed by atoms with Gasteiger partial charge in [-0.1, -0.05) is 24.3 Å². The molecule has 1 N–H and O–H groups in total. The average Bonchev–Trinajstić information content (AvgIpc) is 2.59. The number of amides is 1. The maximum atomic E-state index is 12.1. The van der Waals surface area contributed by atoms with Gasteiger partial charge in [-0.25, -0.2) is 4.79 Å². The maximum Gasteiger partial charge on any atom is 0.411 e. The number of carboxylic acids is 1. The molecular formula is C15H17NO4. The zero-order chi connectivity index (χ0) is 14.5. The Labute approximate surface area is 117 Å². The minimum absolute atomic E-state index is 0.348. The number of hydrogen-bond acceptors (Lipinski definition) is 3. The van der Waals surface area contributed by atoms with E-state index in [0.717, 1.165) is 17.5 Å². The minimum atomic E-state index is -1.03. The van der Waals surface area contributed by atoms with Gasteiger partial charge in [-0.2, -0.15) is 0 Å². The summed E-state index contributed by atoms with van der Waals surface area (Å²) >= 11 is 0. The van der Waals surface area contributed by atoms with Crippen LogP contribution >= 0.6 is 0 Å². The van der Waals surface area contributed by atoms with Crippen molar-refractivity contribution < 1.29 is 19.4 Å². The predicted octanol–water partition coefficient (Wildman–Crippen LogP) is 2.14. The summed E-state index contributed by atoms with van der Waals surface area (Å²) in [5.41, 5.74) is 0.715. The Kier molecular flexibility index (Phi) is 2.58. The molecule has 0 aromatic heterocycles. The van der Waals surface area contributed by atoms with E-state index in [9.17, 15) is 9.59 Å². The lowest BCUT2D eigenvalue weighted by Gasteiger charge is -2.46. The van der Waals surface area contributed by atoms with Crippen molar-refractivity contribution in [2.24, 2.45) is 0 Å². The first-order chi connectivity index (χ1) is 9.38. The van der Waals surface area contributed by atoms with Crippen LogP contribution in [0.4, 0.5) is 4.79 Å². The average molecular weight is 275 g/mol. The second-order valence-corrected chi connectivity index (χ2v) is 5.81. The van der Waals surface area contributed by atoms with Crippen LogP contribution in [0.1, 0.15) is 31.4 Å². The van der Waals surface area contributed by atoms with Crippen LogP contribution in [0, 0.1) is 0 Å². The summed E-state index contributed by atoms with van der Waals surface area (Å²) in [6, 6.07) is 7.87. The van der Waals surface area contributed by atoms with Crippen molar-refractivity contribution in [3.05, 3.63) is 35.4 Å². The second kappa shape index (κ2) is 3.98. The largest absolute Gasteiger partial charge is 0.480 e. The van der Waals surface area contributed by atoms with E-state index >= 15 is 0 Å². The number of rotatable bonds is 2. The maximum absolute atomic E-state index is 12.1. The van der Waals surface area contributed by atoms with E-state index in [4.69, 9.17) is 9.84 Å². The van der Waals surface area contributed by atoms with Gasteiger partial charge in [0.05, 0.1) is 0 Å². The van der Waals surface area contributed by atoms with E-state index < -0.39 is 23.2 Å². The van der Waals surface area contributed by atoms with Gasteiger partial charge < -0.3 is 9.84 Å². The molecule has 2 aliphatic rings. The highest BCUT2D eigenvalue weighted by atomic mass is 16.6. The van der Waals surface area contributed by atoms with Crippen LogP contribution in [0.25, 0.3) is 0 Å². The van der Waals surface area contributed by atoms with E-state index in [0.29, 0.717) is 6.42 Å². The molecule has 1 saturated heterocycles. The van der Waals surface area contributed by atoms with Crippen molar-refractivity contribution in [3.63, 3.8) is 0 Å². The molecular weight excluding hydrogens is 258 g/mol. The number of carbonyl (C=O) groups excluding carboxylic acids is 1. The molecule has 20 heavy (non-hydrogen) atoms. The third kappa shape index (κ3) is 1.49. The normalized spacial score (nSPS) is 31.5. The van der Waals surface area contributed by atoms with Crippen LogP contribution < -0.4 is 0 Å². The topological polar surface area (TPSA) is 66.8 Å². The highest BCUT2D eigenvalue weighted by Crippen LogP contribution is 2.52. The van der Waals surface area contributed by atoms with Crippen molar-refractivity contribution in [2.75, 3.05) is 6.54 Å². The molecule has 1 aromatic carbocycles. The Morgan fingerprint density at radius 2 is 2.10 bits per heavy atom. The summed E-state index contributed by atoms with van der Waals surface area (Å²) < 4.78 is 5.55. The lowest BCUT2D eigenvalue weighted by molar-refractivity contribution is -0.139. The molecule has 1 aliphatic heterocycles. The molecule has 0 radical (unpaired) electrons. The number of aliphatic carboxylic acids is 1. The third-order valence-corrected chi connectivity index (χ3v) is 4.81. The van der Waals surface area contributed by atoms with E-state index in [-0.39, 0.29) is 6.54 Å². The van der Waals surface area contributed by atoms with Gasteiger partial charge in [0, 0.05) is 0 Å². The molecule has 1 aromatic rings. The number of carbonyl (C=O) groups is 2. The molecule has 1 aliphatic carbocycles. The van der Waals surface area contributed by atoms with Gasteiger partial charge >= 0.3 is 12.1 Å². The zero-order valence-corrected chi connectivity index (χ0v) is 11.5. The first kappa shape index (κ1) is 13.0. The minimum Gasteiger partial charge on any atom is -0.480 e. The fraction of sp³-hybridized carbons (Fsp3) is 0.467. The molecule has 2 atom stereocenters. The molecule has 1 amide bonds. The molecule has 106 valence electrons. The smallest absolute Gasteiger partial charge is 0.411 e. The molecule has 1 fully saturated rings. The standard InChI is InChI=1S/C15H17NO4/c1-14-8-7-10-5-3-4-6-11(10)15(14,2)16(9-12(17)18)13(19)20-14/h3-6H,7-9H2,1-2H3,(H,17,18)/t14-,15-/m1/s1. The van der Waals surface area contributed by atoms with Gasteiger partial charge in [-0.05, 0) is 37.8 Å². The van der Waals surface area contributed by atoms with E-state index in [1.807, 2.05) is 38.1 Å². The van der Waals surface area contributed by atoms with Gasteiger partial charge in [0.1, 0.15) is 17.7 Å². The van der Waals surface area contributed by atoms with Crippen molar-refractivity contribution in [2.45, 2.75) is 37.8 Å². The van der Waals surface area contributed by atoms with Crippen molar-refractivity contribution in [1.82, 2.24) is 4.90 Å². The molecule has 1 heterocycles. The first-order valence-corrected chi connectivity index (χ1v) is 6.69. The summed E-state index contributed by atoms with van der Waals surface area (Å²) in [5, 5.41) is 9.08. The quantitative estimate of drug-likeness (QED) is 0.898. The van der Waals surface area contributed by atoms with Crippen molar-refractivity contribution >= 4 is 12.1 Å². The summed E-state index contributed by atoms with van der Waals surface area (Å²) in [7, 11) is 0. The number of benzene rings is 1. The number of ether oxygens (including phenoxy) is 1. The fourth-order valence-electron chi connectivity index (χ4n) is 3.48. The van der Waals surface area contributed by atoms with Crippen LogP contribution in [-0.2, 0) is 21.5 Å². The molecule has 5 heteroatoms. The van der Waals surface area contributed by atoms with Crippen LogP contribution in [-0.4, -0.2) is 34.2 Å². The molecule has 5 nitrogen and oxygen atoms in total.